The Morgan fingerprint density at radius 3 is 2.82 bits per heavy atom. The molecule has 0 amide bonds. The van der Waals surface area contributed by atoms with Gasteiger partial charge in [0.05, 0.1) is 12.1 Å². The fraction of sp³-hybridized carbons (Fsp3) is 0.182. The quantitative estimate of drug-likeness (QED) is 0.622. The zero-order valence-electron chi connectivity index (χ0n) is 8.91. The number of esters is 1. The number of ether oxygens (including phenoxy) is 1. The van der Waals surface area contributed by atoms with E-state index in [1.807, 2.05) is 0 Å². The predicted octanol–water partition coefficient (Wildman–Crippen LogP) is 3.11. The lowest BCUT2D eigenvalue weighted by atomic mass is 10.2. The molecule has 0 radical (unpaired) electrons. The van der Waals surface area contributed by atoms with Gasteiger partial charge < -0.3 is 4.74 Å². The van der Waals surface area contributed by atoms with Gasteiger partial charge in [-0.25, -0.2) is 14.8 Å². The molecule has 0 fully saturated rings. The van der Waals surface area contributed by atoms with Crippen LogP contribution in [0, 0.1) is 0 Å². The Morgan fingerprint density at radius 2 is 2.12 bits per heavy atom. The number of hydrogen-bond donors (Lipinski definition) is 0. The highest BCUT2D eigenvalue weighted by Gasteiger charge is 2.14. The average molecular weight is 271 g/mol. The van der Waals surface area contributed by atoms with Crippen LogP contribution in [0.15, 0.2) is 18.2 Å². The Morgan fingerprint density at radius 1 is 1.35 bits per heavy atom. The third-order valence-corrected chi connectivity index (χ3v) is 2.59. The molecule has 1 aromatic heterocycles. The second-order valence-corrected chi connectivity index (χ2v) is 4.01. The number of hydrogen-bond acceptors (Lipinski definition) is 4. The molecular weight excluding hydrogens is 263 g/mol. The van der Waals surface area contributed by atoms with Crippen molar-refractivity contribution in [3.05, 3.63) is 34.2 Å². The molecule has 0 unspecified atom stereocenters. The lowest BCUT2D eigenvalue weighted by Crippen LogP contribution is -2.10. The van der Waals surface area contributed by atoms with Crippen LogP contribution in [0.2, 0.25) is 10.2 Å². The molecule has 0 aliphatic carbocycles. The van der Waals surface area contributed by atoms with Crippen molar-refractivity contribution in [3.8, 4) is 0 Å². The highest BCUT2D eigenvalue weighted by molar-refractivity contribution is 6.35. The zero-order chi connectivity index (χ0) is 12.4. The normalized spacial score (nSPS) is 10.5. The zero-order valence-corrected chi connectivity index (χ0v) is 10.4. The molecule has 0 N–H and O–H groups in total. The first kappa shape index (κ1) is 12.1. The molecule has 0 aliphatic heterocycles. The summed E-state index contributed by atoms with van der Waals surface area (Å²) in [4.78, 5) is 19.4. The summed E-state index contributed by atoms with van der Waals surface area (Å²) < 4.78 is 4.81. The van der Waals surface area contributed by atoms with Crippen molar-refractivity contribution < 1.29 is 9.53 Å². The van der Waals surface area contributed by atoms with E-state index in [4.69, 9.17) is 27.9 Å². The highest BCUT2D eigenvalue weighted by atomic mass is 35.5. The van der Waals surface area contributed by atoms with Crippen molar-refractivity contribution in [1.82, 2.24) is 9.97 Å². The van der Waals surface area contributed by atoms with Crippen LogP contribution in [0.4, 0.5) is 0 Å². The molecule has 17 heavy (non-hydrogen) atoms. The number of carbonyl (C=O) groups excluding carboxylic acids is 1. The number of halogens is 2. The molecule has 0 aliphatic rings. The summed E-state index contributed by atoms with van der Waals surface area (Å²) in [6.07, 6.45) is 0. The van der Waals surface area contributed by atoms with Crippen molar-refractivity contribution in [2.75, 3.05) is 6.61 Å². The van der Waals surface area contributed by atoms with Gasteiger partial charge in [-0.15, -0.1) is 0 Å². The Bertz CT molecular complexity index is 587. The van der Waals surface area contributed by atoms with Gasteiger partial charge in [-0.05, 0) is 25.1 Å². The second kappa shape index (κ2) is 4.85. The summed E-state index contributed by atoms with van der Waals surface area (Å²) in [5.41, 5.74) is 0.514. The standard InChI is InChI=1S/C11H8Cl2N2O2/c1-2-17-11(16)10-14-8-5-6(12)3-4-7(8)9(13)15-10/h3-5H,2H2,1H3. The molecule has 88 valence electrons. The highest BCUT2D eigenvalue weighted by Crippen LogP contribution is 2.23. The molecule has 1 aromatic carbocycles. The lowest BCUT2D eigenvalue weighted by molar-refractivity contribution is 0.0512. The number of aromatic nitrogens is 2. The summed E-state index contributed by atoms with van der Waals surface area (Å²) in [6.45, 7) is 1.96. The summed E-state index contributed by atoms with van der Waals surface area (Å²) in [5, 5.41) is 1.36. The number of carbonyl (C=O) groups is 1. The summed E-state index contributed by atoms with van der Waals surface area (Å²) >= 11 is 11.8. The van der Waals surface area contributed by atoms with E-state index >= 15 is 0 Å². The predicted molar refractivity (Wildman–Crippen MR) is 65.5 cm³/mol. The fourth-order valence-electron chi connectivity index (χ4n) is 1.35. The maximum Gasteiger partial charge on any atom is 0.376 e. The van der Waals surface area contributed by atoms with Crippen LogP contribution in [0.3, 0.4) is 0 Å². The van der Waals surface area contributed by atoms with Gasteiger partial charge in [0.15, 0.2) is 0 Å². The monoisotopic (exact) mass is 270 g/mol. The second-order valence-electron chi connectivity index (χ2n) is 3.22. The molecule has 0 saturated heterocycles. The smallest absolute Gasteiger partial charge is 0.376 e. The van der Waals surface area contributed by atoms with Gasteiger partial charge in [-0.2, -0.15) is 0 Å². The molecule has 2 aromatic rings. The molecule has 1 heterocycles. The summed E-state index contributed by atoms with van der Waals surface area (Å²) in [7, 11) is 0. The Labute approximate surface area is 108 Å². The van der Waals surface area contributed by atoms with Gasteiger partial charge in [-0.3, -0.25) is 0 Å². The van der Waals surface area contributed by atoms with Gasteiger partial charge in [-0.1, -0.05) is 23.2 Å². The van der Waals surface area contributed by atoms with Crippen LogP contribution < -0.4 is 0 Å². The van der Waals surface area contributed by atoms with E-state index in [-0.39, 0.29) is 17.6 Å². The van der Waals surface area contributed by atoms with Gasteiger partial charge in [0.25, 0.3) is 0 Å². The third-order valence-electron chi connectivity index (χ3n) is 2.07. The number of rotatable bonds is 2. The van der Waals surface area contributed by atoms with E-state index in [2.05, 4.69) is 9.97 Å². The van der Waals surface area contributed by atoms with Crippen molar-refractivity contribution in [2.24, 2.45) is 0 Å². The Hall–Kier alpha value is -1.39. The third kappa shape index (κ3) is 2.48. The number of nitrogens with zero attached hydrogens (tertiary/aromatic N) is 2. The number of fused-ring (bicyclic) bond motifs is 1. The van der Waals surface area contributed by atoms with Gasteiger partial charge in [0.1, 0.15) is 5.15 Å². The molecule has 2 rings (SSSR count). The minimum Gasteiger partial charge on any atom is -0.460 e. The van der Waals surface area contributed by atoms with E-state index in [0.29, 0.717) is 15.9 Å². The van der Waals surface area contributed by atoms with Gasteiger partial charge >= 0.3 is 5.97 Å². The first-order chi connectivity index (χ1) is 8.11. The van der Waals surface area contributed by atoms with E-state index in [1.165, 1.54) is 0 Å². The Kier molecular flexibility index (Phi) is 3.45. The maximum atomic E-state index is 11.5. The molecule has 0 atom stereocenters. The van der Waals surface area contributed by atoms with E-state index < -0.39 is 5.97 Å². The fourth-order valence-corrected chi connectivity index (χ4v) is 1.76. The molecule has 4 nitrogen and oxygen atoms in total. The van der Waals surface area contributed by atoms with E-state index in [0.717, 1.165) is 0 Å². The first-order valence-corrected chi connectivity index (χ1v) is 5.67. The SMILES string of the molecule is CCOC(=O)c1nc(Cl)c2ccc(Cl)cc2n1. The van der Waals surface area contributed by atoms with Gasteiger partial charge in [0, 0.05) is 10.4 Å². The van der Waals surface area contributed by atoms with Crippen LogP contribution in [0.5, 0.6) is 0 Å². The van der Waals surface area contributed by atoms with Crippen molar-refractivity contribution in [1.29, 1.82) is 0 Å². The van der Waals surface area contributed by atoms with E-state index in [9.17, 15) is 4.79 Å². The maximum absolute atomic E-state index is 11.5. The van der Waals surface area contributed by atoms with Crippen LogP contribution in [-0.4, -0.2) is 22.5 Å². The minimum atomic E-state index is -0.601. The molecule has 6 heteroatoms. The van der Waals surface area contributed by atoms with Crippen molar-refractivity contribution in [3.63, 3.8) is 0 Å². The van der Waals surface area contributed by atoms with Crippen molar-refractivity contribution >= 4 is 40.1 Å². The summed E-state index contributed by atoms with van der Waals surface area (Å²) in [6, 6.07) is 5.01. The summed E-state index contributed by atoms with van der Waals surface area (Å²) in [5.74, 6) is -0.664. The topological polar surface area (TPSA) is 52.1 Å². The molecule has 0 bridgehead atoms. The average Bonchev–Trinajstić information content (AvgIpc) is 2.28. The van der Waals surface area contributed by atoms with Gasteiger partial charge in [0.2, 0.25) is 5.82 Å². The Balaban J connectivity index is 2.57. The lowest BCUT2D eigenvalue weighted by Gasteiger charge is -2.04. The van der Waals surface area contributed by atoms with Crippen LogP contribution in [0.1, 0.15) is 17.5 Å². The largest absolute Gasteiger partial charge is 0.460 e. The molecular formula is C11H8Cl2N2O2. The first-order valence-electron chi connectivity index (χ1n) is 4.91. The van der Waals surface area contributed by atoms with Crippen LogP contribution in [-0.2, 0) is 4.74 Å². The van der Waals surface area contributed by atoms with E-state index in [1.54, 1.807) is 25.1 Å². The van der Waals surface area contributed by atoms with Crippen LogP contribution in [0.25, 0.3) is 10.9 Å². The van der Waals surface area contributed by atoms with Crippen LogP contribution >= 0.6 is 23.2 Å². The minimum absolute atomic E-state index is 0.0633. The van der Waals surface area contributed by atoms with Crippen molar-refractivity contribution in [2.45, 2.75) is 6.92 Å². The molecule has 0 saturated carbocycles. The number of benzene rings is 1. The molecule has 0 spiro atoms.